The lowest BCUT2D eigenvalue weighted by atomic mass is 10.1. The van der Waals surface area contributed by atoms with Crippen LogP contribution in [0.15, 0.2) is 18.2 Å². The van der Waals surface area contributed by atoms with Crippen molar-refractivity contribution in [2.75, 3.05) is 19.5 Å². The fourth-order valence-corrected chi connectivity index (χ4v) is 1.38. The van der Waals surface area contributed by atoms with Crippen molar-refractivity contribution in [2.24, 2.45) is 0 Å². The van der Waals surface area contributed by atoms with Crippen LogP contribution in [0.5, 0.6) is 11.5 Å². The van der Waals surface area contributed by atoms with Crippen LogP contribution >= 0.6 is 0 Å². The van der Waals surface area contributed by atoms with Crippen molar-refractivity contribution in [3.63, 3.8) is 0 Å². The molecule has 0 atom stereocenters. The molecule has 0 saturated heterocycles. The molecule has 0 bridgehead atoms. The molecule has 3 N–H and O–H groups in total. The quantitative estimate of drug-likeness (QED) is 0.763. The van der Waals surface area contributed by atoms with Gasteiger partial charge in [-0.05, 0) is 13.8 Å². The van der Waals surface area contributed by atoms with Gasteiger partial charge in [0.25, 0.3) is 0 Å². The topological polar surface area (TPSA) is 96.9 Å². The van der Waals surface area contributed by atoms with Crippen LogP contribution in [0.2, 0.25) is 0 Å². The van der Waals surface area contributed by atoms with Crippen LogP contribution < -0.4 is 20.1 Å². The summed E-state index contributed by atoms with van der Waals surface area (Å²) in [4.78, 5) is 22.7. The molecule has 1 aromatic rings. The number of anilines is 1. The molecule has 0 fully saturated rings. The van der Waals surface area contributed by atoms with Gasteiger partial charge in [-0.15, -0.1) is 0 Å². The van der Waals surface area contributed by atoms with Crippen molar-refractivity contribution in [1.29, 1.82) is 0 Å². The minimum Gasteiger partial charge on any atom is -0.497 e. The van der Waals surface area contributed by atoms with E-state index < -0.39 is 17.5 Å². The molecule has 20 heavy (non-hydrogen) atoms. The van der Waals surface area contributed by atoms with Crippen molar-refractivity contribution >= 4 is 17.7 Å². The predicted molar refractivity (Wildman–Crippen MR) is 73.4 cm³/mol. The first-order valence-electron chi connectivity index (χ1n) is 5.84. The van der Waals surface area contributed by atoms with Gasteiger partial charge in [-0.25, -0.2) is 9.59 Å². The minimum atomic E-state index is -1.37. The van der Waals surface area contributed by atoms with E-state index in [9.17, 15) is 9.59 Å². The van der Waals surface area contributed by atoms with E-state index in [2.05, 4.69) is 10.6 Å². The zero-order valence-electron chi connectivity index (χ0n) is 11.8. The summed E-state index contributed by atoms with van der Waals surface area (Å²) in [6.45, 7) is 2.78. The standard InChI is InChI=1S/C13H18N2O5/c1-13(2,11(16)17)15-12(18)14-8-5-9(19-3)7-10(6-8)20-4/h5-7H,1-4H3,(H,16,17)(H2,14,15,18). The smallest absolute Gasteiger partial charge is 0.328 e. The van der Waals surface area contributed by atoms with Gasteiger partial charge >= 0.3 is 12.0 Å². The van der Waals surface area contributed by atoms with E-state index in [1.165, 1.54) is 28.1 Å². The molecule has 0 heterocycles. The molecule has 7 heteroatoms. The van der Waals surface area contributed by atoms with Crippen molar-refractivity contribution < 1.29 is 24.2 Å². The summed E-state index contributed by atoms with van der Waals surface area (Å²) < 4.78 is 10.1. The van der Waals surface area contributed by atoms with E-state index in [4.69, 9.17) is 14.6 Å². The molecule has 7 nitrogen and oxygen atoms in total. The zero-order valence-corrected chi connectivity index (χ0v) is 11.8. The number of hydrogen-bond donors (Lipinski definition) is 3. The number of carboxylic acid groups (broad SMARTS) is 1. The summed E-state index contributed by atoms with van der Waals surface area (Å²) in [5.41, 5.74) is -0.938. The molecule has 0 spiro atoms. The molecule has 0 unspecified atom stereocenters. The number of aliphatic carboxylic acids is 1. The van der Waals surface area contributed by atoms with Gasteiger partial charge in [-0.1, -0.05) is 0 Å². The third-order valence-corrected chi connectivity index (χ3v) is 2.57. The van der Waals surface area contributed by atoms with E-state index in [0.29, 0.717) is 17.2 Å². The Hall–Kier alpha value is -2.44. The lowest BCUT2D eigenvalue weighted by Gasteiger charge is -2.21. The highest BCUT2D eigenvalue weighted by Gasteiger charge is 2.28. The molecule has 1 rings (SSSR count). The summed E-state index contributed by atoms with van der Waals surface area (Å²) in [6.07, 6.45) is 0. The Balaban J connectivity index is 2.83. The normalized spacial score (nSPS) is 10.6. The van der Waals surface area contributed by atoms with Crippen LogP contribution in [0.3, 0.4) is 0 Å². The maximum Gasteiger partial charge on any atom is 0.328 e. The number of carbonyl (C=O) groups excluding carboxylic acids is 1. The number of benzene rings is 1. The molecule has 0 aliphatic carbocycles. The summed E-state index contributed by atoms with van der Waals surface area (Å²) >= 11 is 0. The number of nitrogens with one attached hydrogen (secondary N) is 2. The Kier molecular flexibility index (Phi) is 4.79. The van der Waals surface area contributed by atoms with Crippen LogP contribution in [0, 0.1) is 0 Å². The summed E-state index contributed by atoms with van der Waals surface area (Å²) in [5.74, 6) is -0.106. The fourth-order valence-electron chi connectivity index (χ4n) is 1.38. The molecule has 1 aromatic carbocycles. The first-order chi connectivity index (χ1) is 9.28. The number of rotatable bonds is 5. The molecule has 2 amide bonds. The molecule has 0 radical (unpaired) electrons. The van der Waals surface area contributed by atoms with Crippen LogP contribution in [0.4, 0.5) is 10.5 Å². The third kappa shape index (κ3) is 4.04. The summed E-state index contributed by atoms with van der Waals surface area (Å²) in [5, 5.41) is 13.8. The Morgan fingerprint density at radius 1 is 1.10 bits per heavy atom. The summed E-state index contributed by atoms with van der Waals surface area (Å²) in [7, 11) is 2.98. The van der Waals surface area contributed by atoms with Crippen LogP contribution in [-0.4, -0.2) is 36.9 Å². The maximum absolute atomic E-state index is 11.8. The molecule has 0 saturated carbocycles. The Bertz CT molecular complexity index is 491. The number of carboxylic acids is 1. The number of ether oxygens (including phenoxy) is 2. The second-order valence-corrected chi connectivity index (χ2v) is 4.61. The first kappa shape index (κ1) is 15.6. The molecule has 0 aliphatic rings. The molecule has 0 aromatic heterocycles. The number of hydrogen-bond acceptors (Lipinski definition) is 4. The summed E-state index contributed by atoms with van der Waals surface area (Å²) in [6, 6.07) is 4.21. The number of methoxy groups -OCH3 is 2. The Morgan fingerprint density at radius 2 is 1.60 bits per heavy atom. The van der Waals surface area contributed by atoms with Gasteiger partial charge in [0, 0.05) is 23.9 Å². The van der Waals surface area contributed by atoms with Gasteiger partial charge < -0.3 is 25.2 Å². The highest BCUT2D eigenvalue weighted by molar-refractivity contribution is 5.93. The lowest BCUT2D eigenvalue weighted by Crippen LogP contribution is -2.51. The van der Waals surface area contributed by atoms with E-state index in [1.807, 2.05) is 0 Å². The fraction of sp³-hybridized carbons (Fsp3) is 0.385. The van der Waals surface area contributed by atoms with E-state index in [1.54, 1.807) is 18.2 Å². The van der Waals surface area contributed by atoms with Crippen molar-refractivity contribution in [1.82, 2.24) is 5.32 Å². The van der Waals surface area contributed by atoms with E-state index >= 15 is 0 Å². The van der Waals surface area contributed by atoms with Crippen molar-refractivity contribution in [3.05, 3.63) is 18.2 Å². The minimum absolute atomic E-state index is 0.430. The zero-order chi connectivity index (χ0) is 15.3. The first-order valence-corrected chi connectivity index (χ1v) is 5.84. The SMILES string of the molecule is COc1cc(NC(=O)NC(C)(C)C(=O)O)cc(OC)c1. The monoisotopic (exact) mass is 282 g/mol. The highest BCUT2D eigenvalue weighted by atomic mass is 16.5. The van der Waals surface area contributed by atoms with E-state index in [0.717, 1.165) is 0 Å². The number of carbonyl (C=O) groups is 2. The molecule has 110 valence electrons. The van der Waals surface area contributed by atoms with Crippen LogP contribution in [0.25, 0.3) is 0 Å². The average Bonchev–Trinajstić information content (AvgIpc) is 2.37. The average molecular weight is 282 g/mol. The highest BCUT2D eigenvalue weighted by Crippen LogP contribution is 2.25. The second-order valence-electron chi connectivity index (χ2n) is 4.61. The van der Waals surface area contributed by atoms with Crippen LogP contribution in [0.1, 0.15) is 13.8 Å². The maximum atomic E-state index is 11.8. The number of urea groups is 1. The van der Waals surface area contributed by atoms with Gasteiger partial charge in [0.1, 0.15) is 17.0 Å². The van der Waals surface area contributed by atoms with E-state index in [-0.39, 0.29) is 0 Å². The molecular weight excluding hydrogens is 264 g/mol. The second kappa shape index (κ2) is 6.14. The van der Waals surface area contributed by atoms with Gasteiger partial charge in [-0.2, -0.15) is 0 Å². The van der Waals surface area contributed by atoms with Gasteiger partial charge in [0.15, 0.2) is 0 Å². The third-order valence-electron chi connectivity index (χ3n) is 2.57. The van der Waals surface area contributed by atoms with Gasteiger partial charge in [0.05, 0.1) is 14.2 Å². The Morgan fingerprint density at radius 3 is 2.00 bits per heavy atom. The van der Waals surface area contributed by atoms with Crippen LogP contribution in [-0.2, 0) is 4.79 Å². The lowest BCUT2D eigenvalue weighted by molar-refractivity contribution is -0.142. The predicted octanol–water partition coefficient (Wildman–Crippen LogP) is 1.69. The van der Waals surface area contributed by atoms with Crippen molar-refractivity contribution in [3.8, 4) is 11.5 Å². The number of amides is 2. The Labute approximate surface area is 116 Å². The molecule has 0 aliphatic heterocycles. The van der Waals surface area contributed by atoms with Crippen molar-refractivity contribution in [2.45, 2.75) is 19.4 Å². The van der Waals surface area contributed by atoms with Gasteiger partial charge in [-0.3, -0.25) is 0 Å². The molecular formula is C13H18N2O5. The largest absolute Gasteiger partial charge is 0.497 e. The van der Waals surface area contributed by atoms with Gasteiger partial charge in [0.2, 0.25) is 0 Å².